The monoisotopic (exact) mass is 322 g/mol. The summed E-state index contributed by atoms with van der Waals surface area (Å²) in [5.41, 5.74) is 9.89. The predicted molar refractivity (Wildman–Crippen MR) is 90.3 cm³/mol. The van der Waals surface area contributed by atoms with Gasteiger partial charge in [0.25, 0.3) is 0 Å². The molecule has 1 heterocycles. The SMILES string of the molecule is Cc1ccc2c(CC(=O)NC(CN)C3CC3)coc2c1C.Cl. The number of nitrogens with one attached hydrogen (secondary N) is 1. The van der Waals surface area contributed by atoms with Gasteiger partial charge in [0.2, 0.25) is 5.91 Å². The van der Waals surface area contributed by atoms with Crippen molar-refractivity contribution in [2.75, 3.05) is 6.54 Å². The predicted octanol–water partition coefficient (Wildman–Crippen LogP) is 2.87. The lowest BCUT2D eigenvalue weighted by molar-refractivity contribution is -0.121. The van der Waals surface area contributed by atoms with E-state index in [2.05, 4.69) is 18.3 Å². The number of carbonyl (C=O) groups is 1. The molecule has 3 rings (SSSR count). The molecular formula is C17H23ClN2O2. The van der Waals surface area contributed by atoms with Crippen LogP contribution in [-0.2, 0) is 11.2 Å². The second kappa shape index (κ2) is 6.71. The van der Waals surface area contributed by atoms with Gasteiger partial charge in [-0.3, -0.25) is 4.79 Å². The second-order valence-corrected chi connectivity index (χ2v) is 6.07. The van der Waals surface area contributed by atoms with Crippen LogP contribution >= 0.6 is 12.4 Å². The first kappa shape index (κ1) is 16.8. The fourth-order valence-electron chi connectivity index (χ4n) is 2.82. The highest BCUT2D eigenvalue weighted by atomic mass is 35.5. The number of halogens is 1. The van der Waals surface area contributed by atoms with Gasteiger partial charge in [0.1, 0.15) is 5.58 Å². The third-order valence-corrected chi connectivity index (χ3v) is 4.48. The van der Waals surface area contributed by atoms with Crippen molar-refractivity contribution in [1.82, 2.24) is 5.32 Å². The number of fused-ring (bicyclic) bond motifs is 1. The van der Waals surface area contributed by atoms with Crippen LogP contribution in [0.4, 0.5) is 0 Å². The lowest BCUT2D eigenvalue weighted by Crippen LogP contribution is -2.42. The van der Waals surface area contributed by atoms with Crippen LogP contribution in [-0.4, -0.2) is 18.5 Å². The van der Waals surface area contributed by atoms with E-state index in [-0.39, 0.29) is 24.4 Å². The summed E-state index contributed by atoms with van der Waals surface area (Å²) < 4.78 is 5.65. The minimum absolute atomic E-state index is 0. The Balaban J connectivity index is 0.00000176. The van der Waals surface area contributed by atoms with Crippen LogP contribution in [0.25, 0.3) is 11.0 Å². The van der Waals surface area contributed by atoms with E-state index in [9.17, 15) is 4.79 Å². The van der Waals surface area contributed by atoms with Crippen molar-refractivity contribution in [2.24, 2.45) is 11.7 Å². The van der Waals surface area contributed by atoms with E-state index in [1.54, 1.807) is 6.26 Å². The van der Waals surface area contributed by atoms with Crippen molar-refractivity contribution in [1.29, 1.82) is 0 Å². The zero-order chi connectivity index (χ0) is 15.0. The Morgan fingerprint density at radius 1 is 1.41 bits per heavy atom. The van der Waals surface area contributed by atoms with Crippen molar-refractivity contribution < 1.29 is 9.21 Å². The van der Waals surface area contributed by atoms with Crippen molar-refractivity contribution in [3.05, 3.63) is 35.1 Å². The van der Waals surface area contributed by atoms with E-state index in [0.717, 1.165) is 22.1 Å². The minimum atomic E-state index is 0. The third kappa shape index (κ3) is 3.28. The molecule has 0 bridgehead atoms. The average Bonchev–Trinajstić information content (AvgIpc) is 3.23. The lowest BCUT2D eigenvalue weighted by Gasteiger charge is -2.15. The first-order chi connectivity index (χ1) is 10.1. The molecule has 1 aliphatic carbocycles. The molecule has 120 valence electrons. The zero-order valence-corrected chi connectivity index (χ0v) is 13.8. The summed E-state index contributed by atoms with van der Waals surface area (Å²) in [5.74, 6) is 0.600. The van der Waals surface area contributed by atoms with Crippen LogP contribution in [0, 0.1) is 19.8 Å². The molecule has 1 amide bonds. The van der Waals surface area contributed by atoms with Crippen molar-refractivity contribution >= 4 is 29.3 Å². The van der Waals surface area contributed by atoms with Crippen LogP contribution in [0.15, 0.2) is 22.8 Å². The molecule has 1 aliphatic rings. The van der Waals surface area contributed by atoms with Crippen molar-refractivity contribution in [3.63, 3.8) is 0 Å². The Labute approximate surface area is 136 Å². The highest BCUT2D eigenvalue weighted by Crippen LogP contribution is 2.32. The van der Waals surface area contributed by atoms with Gasteiger partial charge in [0.15, 0.2) is 0 Å². The van der Waals surface area contributed by atoms with E-state index >= 15 is 0 Å². The Hall–Kier alpha value is -1.52. The molecule has 4 nitrogen and oxygen atoms in total. The van der Waals surface area contributed by atoms with Crippen molar-refractivity contribution in [2.45, 2.75) is 39.2 Å². The summed E-state index contributed by atoms with van der Waals surface area (Å²) in [5, 5.41) is 4.08. The quantitative estimate of drug-likeness (QED) is 0.889. The number of amides is 1. The fourth-order valence-corrected chi connectivity index (χ4v) is 2.82. The summed E-state index contributed by atoms with van der Waals surface area (Å²) >= 11 is 0. The maximum Gasteiger partial charge on any atom is 0.224 e. The third-order valence-electron chi connectivity index (χ3n) is 4.48. The van der Waals surface area contributed by atoms with E-state index in [0.29, 0.717) is 18.9 Å². The van der Waals surface area contributed by atoms with Crippen LogP contribution in [0.1, 0.15) is 29.5 Å². The number of rotatable bonds is 5. The molecule has 3 N–H and O–H groups in total. The number of nitrogens with two attached hydrogens (primary N) is 1. The molecule has 1 atom stereocenters. The van der Waals surface area contributed by atoms with Gasteiger partial charge >= 0.3 is 0 Å². The molecule has 1 aromatic carbocycles. The topological polar surface area (TPSA) is 68.3 Å². The van der Waals surface area contributed by atoms with Gasteiger partial charge in [-0.15, -0.1) is 12.4 Å². The van der Waals surface area contributed by atoms with E-state index in [1.807, 2.05) is 13.0 Å². The van der Waals surface area contributed by atoms with Gasteiger partial charge in [0.05, 0.1) is 12.7 Å². The van der Waals surface area contributed by atoms with Gasteiger partial charge < -0.3 is 15.5 Å². The largest absolute Gasteiger partial charge is 0.464 e. The number of aryl methyl sites for hydroxylation is 2. The molecule has 0 saturated heterocycles. The molecule has 5 heteroatoms. The number of furan rings is 1. The molecule has 0 radical (unpaired) electrons. The van der Waals surface area contributed by atoms with Gasteiger partial charge in [-0.2, -0.15) is 0 Å². The van der Waals surface area contributed by atoms with Crippen molar-refractivity contribution in [3.8, 4) is 0 Å². The van der Waals surface area contributed by atoms with E-state index in [1.165, 1.54) is 18.4 Å². The molecule has 22 heavy (non-hydrogen) atoms. The van der Waals surface area contributed by atoms with Crippen LogP contribution in [0.2, 0.25) is 0 Å². The highest BCUT2D eigenvalue weighted by molar-refractivity contribution is 5.89. The number of hydrogen-bond acceptors (Lipinski definition) is 3. The van der Waals surface area contributed by atoms with Gasteiger partial charge in [-0.1, -0.05) is 12.1 Å². The van der Waals surface area contributed by atoms with Crippen LogP contribution in [0.3, 0.4) is 0 Å². The highest BCUT2D eigenvalue weighted by Gasteiger charge is 2.31. The Morgan fingerprint density at radius 3 is 2.77 bits per heavy atom. The molecule has 2 aromatic rings. The molecular weight excluding hydrogens is 300 g/mol. The number of benzene rings is 1. The van der Waals surface area contributed by atoms with Crippen LogP contribution < -0.4 is 11.1 Å². The summed E-state index contributed by atoms with van der Waals surface area (Å²) in [6.45, 7) is 4.62. The maximum atomic E-state index is 12.2. The Morgan fingerprint density at radius 2 is 2.14 bits per heavy atom. The lowest BCUT2D eigenvalue weighted by atomic mass is 10.0. The maximum absolute atomic E-state index is 12.2. The summed E-state index contributed by atoms with van der Waals surface area (Å²) in [6.07, 6.45) is 4.40. The van der Waals surface area contributed by atoms with Crippen LogP contribution in [0.5, 0.6) is 0 Å². The molecule has 1 unspecified atom stereocenters. The number of carbonyl (C=O) groups excluding carboxylic acids is 1. The van der Waals surface area contributed by atoms with Gasteiger partial charge in [0, 0.05) is 23.5 Å². The first-order valence-corrected chi connectivity index (χ1v) is 7.56. The molecule has 1 aromatic heterocycles. The first-order valence-electron chi connectivity index (χ1n) is 7.56. The fraction of sp³-hybridized carbons (Fsp3) is 0.471. The Bertz CT molecular complexity index is 677. The molecule has 0 spiro atoms. The minimum Gasteiger partial charge on any atom is -0.464 e. The smallest absolute Gasteiger partial charge is 0.224 e. The normalized spacial score (nSPS) is 15.4. The average molecular weight is 323 g/mol. The number of hydrogen-bond donors (Lipinski definition) is 2. The van der Waals surface area contributed by atoms with E-state index in [4.69, 9.17) is 10.2 Å². The standard InChI is InChI=1S/C17H22N2O2.ClH/c1-10-3-6-14-13(9-21-17(14)11(10)2)7-16(20)19-15(8-18)12-4-5-12;/h3,6,9,12,15H,4-5,7-8,18H2,1-2H3,(H,19,20);1H. The molecule has 1 saturated carbocycles. The Kier molecular flexibility index (Phi) is 5.14. The molecule has 0 aliphatic heterocycles. The summed E-state index contributed by atoms with van der Waals surface area (Å²) in [7, 11) is 0. The van der Waals surface area contributed by atoms with E-state index < -0.39 is 0 Å². The summed E-state index contributed by atoms with van der Waals surface area (Å²) in [4.78, 5) is 12.2. The second-order valence-electron chi connectivity index (χ2n) is 6.07. The van der Waals surface area contributed by atoms with Gasteiger partial charge in [-0.25, -0.2) is 0 Å². The van der Waals surface area contributed by atoms with Gasteiger partial charge in [-0.05, 0) is 43.7 Å². The zero-order valence-electron chi connectivity index (χ0n) is 13.0. The summed E-state index contributed by atoms with van der Waals surface area (Å²) in [6, 6.07) is 4.23. The molecule has 1 fully saturated rings.